The summed E-state index contributed by atoms with van der Waals surface area (Å²) in [6.45, 7) is 4.44. The maximum Gasteiger partial charge on any atom is 0.243 e. The van der Waals surface area contributed by atoms with Crippen molar-refractivity contribution in [3.05, 3.63) is 0 Å². The van der Waals surface area contributed by atoms with Gasteiger partial charge in [0.05, 0.1) is 6.54 Å². The average Bonchev–Trinajstić information content (AvgIpc) is 3.11. The van der Waals surface area contributed by atoms with E-state index in [1.165, 1.54) is 37.3 Å². The van der Waals surface area contributed by atoms with Crippen molar-refractivity contribution in [2.45, 2.75) is 31.7 Å². The van der Waals surface area contributed by atoms with Gasteiger partial charge in [0.1, 0.15) is 6.54 Å². The van der Waals surface area contributed by atoms with Crippen LogP contribution in [-0.2, 0) is 9.59 Å². The van der Waals surface area contributed by atoms with Crippen LogP contribution >= 0.6 is 0 Å². The summed E-state index contributed by atoms with van der Waals surface area (Å²) in [5.41, 5.74) is 0. The third-order valence-electron chi connectivity index (χ3n) is 5.13. The van der Waals surface area contributed by atoms with Gasteiger partial charge in [-0.25, -0.2) is 4.99 Å². The van der Waals surface area contributed by atoms with Crippen LogP contribution in [0.15, 0.2) is 4.99 Å². The lowest BCUT2D eigenvalue weighted by atomic mass is 10.1. The van der Waals surface area contributed by atoms with E-state index in [0.29, 0.717) is 12.0 Å². The topological polar surface area (TPSA) is 71.5 Å². The zero-order chi connectivity index (χ0) is 19.1. The molecule has 26 heavy (non-hydrogen) atoms. The fourth-order valence-corrected chi connectivity index (χ4v) is 3.38. The van der Waals surface area contributed by atoms with Crippen LogP contribution in [0.2, 0.25) is 0 Å². The zero-order valence-electron chi connectivity index (χ0n) is 16.7. The molecule has 0 aromatic rings. The normalized spacial score (nSPS) is 21.6. The maximum atomic E-state index is 11.9. The number of rotatable bonds is 5. The van der Waals surface area contributed by atoms with Crippen LogP contribution in [0.25, 0.3) is 0 Å². The predicted octanol–water partition coefficient (Wildman–Crippen LogP) is -0.331. The van der Waals surface area contributed by atoms with E-state index in [1.54, 1.807) is 33.1 Å². The molecule has 2 aliphatic rings. The Morgan fingerprint density at radius 3 is 2.27 bits per heavy atom. The second kappa shape index (κ2) is 9.75. The highest BCUT2D eigenvalue weighted by atomic mass is 16.2. The van der Waals surface area contributed by atoms with Crippen LogP contribution in [0, 0.1) is 0 Å². The highest BCUT2D eigenvalue weighted by Gasteiger charge is 2.30. The third-order valence-corrected chi connectivity index (χ3v) is 5.13. The first-order valence-corrected chi connectivity index (χ1v) is 9.56. The minimum atomic E-state index is -0.0463. The summed E-state index contributed by atoms with van der Waals surface area (Å²) in [7, 11) is 6.92. The van der Waals surface area contributed by atoms with Crippen molar-refractivity contribution in [2.24, 2.45) is 4.99 Å². The molecule has 2 amide bonds. The molecule has 8 heteroatoms. The van der Waals surface area contributed by atoms with Crippen LogP contribution in [-0.4, -0.2) is 111 Å². The highest BCUT2D eigenvalue weighted by molar-refractivity contribution is 5.88. The highest BCUT2D eigenvalue weighted by Crippen LogP contribution is 2.20. The number of hydrogen-bond acceptors (Lipinski definition) is 4. The maximum absolute atomic E-state index is 11.9. The largest absolute Gasteiger partial charge is 0.347 e. The van der Waals surface area contributed by atoms with Gasteiger partial charge in [0.25, 0.3) is 0 Å². The summed E-state index contributed by atoms with van der Waals surface area (Å²) in [6, 6.07) is 0.538. The van der Waals surface area contributed by atoms with Gasteiger partial charge in [-0.2, -0.15) is 0 Å². The van der Waals surface area contributed by atoms with Gasteiger partial charge in [-0.1, -0.05) is 6.42 Å². The first-order valence-electron chi connectivity index (χ1n) is 9.56. The fraction of sp³-hybridized carbons (Fsp3) is 0.833. The van der Waals surface area contributed by atoms with Gasteiger partial charge in [0.2, 0.25) is 11.8 Å². The molecule has 0 saturated carbocycles. The van der Waals surface area contributed by atoms with Crippen LogP contribution in [0.4, 0.5) is 0 Å². The second-order valence-electron chi connectivity index (χ2n) is 7.55. The average molecular weight is 367 g/mol. The molecular formula is C18H34N6O2. The Morgan fingerprint density at radius 2 is 1.65 bits per heavy atom. The standard InChI is InChI=1S/C18H34N6O2/c1-21(2)16(25)12-19-18(20-13-17(26)22(3)4)24-11-8-15(14-24)23-9-6-5-7-10-23/h15H,5-14H2,1-4H3,(H,19,20). The number of nitrogens with one attached hydrogen (secondary N) is 1. The summed E-state index contributed by atoms with van der Waals surface area (Å²) in [4.78, 5) is 36.2. The summed E-state index contributed by atoms with van der Waals surface area (Å²) in [5, 5.41) is 3.16. The van der Waals surface area contributed by atoms with Gasteiger partial charge in [0, 0.05) is 47.3 Å². The minimum absolute atomic E-state index is 0.0107. The van der Waals surface area contributed by atoms with Crippen LogP contribution in [0.5, 0.6) is 0 Å². The molecule has 2 heterocycles. The summed E-state index contributed by atoms with van der Waals surface area (Å²) in [5.74, 6) is 0.605. The number of likely N-dealkylation sites (N-methyl/N-ethyl adjacent to an activating group) is 2. The molecule has 2 rings (SSSR count). The molecule has 0 radical (unpaired) electrons. The number of guanidine groups is 1. The summed E-state index contributed by atoms with van der Waals surface area (Å²) >= 11 is 0. The molecule has 2 saturated heterocycles. The van der Waals surface area contributed by atoms with Gasteiger partial charge < -0.3 is 20.0 Å². The fourth-order valence-electron chi connectivity index (χ4n) is 3.38. The Balaban J connectivity index is 1.99. The van der Waals surface area contributed by atoms with Crippen LogP contribution in [0.1, 0.15) is 25.7 Å². The molecule has 1 N–H and O–H groups in total. The first kappa shape index (κ1) is 20.5. The number of carbonyl (C=O) groups excluding carboxylic acids is 2. The molecule has 1 unspecified atom stereocenters. The van der Waals surface area contributed by atoms with Crippen molar-refractivity contribution in [1.82, 2.24) is 24.9 Å². The molecule has 8 nitrogen and oxygen atoms in total. The number of carbonyl (C=O) groups is 2. The van der Waals surface area contributed by atoms with Gasteiger partial charge in [-0.15, -0.1) is 0 Å². The molecule has 0 bridgehead atoms. The van der Waals surface area contributed by atoms with E-state index in [-0.39, 0.29) is 24.9 Å². The first-order chi connectivity index (χ1) is 12.4. The number of hydrogen-bond donors (Lipinski definition) is 1. The van der Waals surface area contributed by atoms with E-state index < -0.39 is 0 Å². The third kappa shape index (κ3) is 5.86. The second-order valence-corrected chi connectivity index (χ2v) is 7.55. The number of amides is 2. The van der Waals surface area contributed by atoms with Crippen molar-refractivity contribution in [2.75, 3.05) is 67.5 Å². The lowest BCUT2D eigenvalue weighted by Gasteiger charge is -2.32. The monoisotopic (exact) mass is 366 g/mol. The van der Waals surface area contributed by atoms with Gasteiger partial charge in [0.15, 0.2) is 5.96 Å². The Labute approximate surface area is 157 Å². The van der Waals surface area contributed by atoms with E-state index in [4.69, 9.17) is 0 Å². The van der Waals surface area contributed by atoms with Crippen molar-refractivity contribution in [1.29, 1.82) is 0 Å². The van der Waals surface area contributed by atoms with E-state index in [9.17, 15) is 9.59 Å². The van der Waals surface area contributed by atoms with Crippen molar-refractivity contribution >= 4 is 17.8 Å². The molecule has 0 aromatic carbocycles. The zero-order valence-corrected chi connectivity index (χ0v) is 16.7. The Morgan fingerprint density at radius 1 is 1.00 bits per heavy atom. The Bertz CT molecular complexity index is 514. The smallest absolute Gasteiger partial charge is 0.243 e. The van der Waals surface area contributed by atoms with Crippen molar-refractivity contribution in [3.8, 4) is 0 Å². The molecule has 1 atom stereocenters. The van der Waals surface area contributed by atoms with E-state index >= 15 is 0 Å². The molecule has 2 aliphatic heterocycles. The summed E-state index contributed by atoms with van der Waals surface area (Å²) in [6.07, 6.45) is 5.00. The van der Waals surface area contributed by atoms with E-state index in [0.717, 1.165) is 19.5 Å². The van der Waals surface area contributed by atoms with Gasteiger partial charge in [-0.3, -0.25) is 14.5 Å². The van der Waals surface area contributed by atoms with Crippen molar-refractivity contribution in [3.63, 3.8) is 0 Å². The molecular weight excluding hydrogens is 332 g/mol. The molecule has 148 valence electrons. The SMILES string of the molecule is CN(C)C(=O)CN=C(NCC(=O)N(C)C)N1CCC(N2CCCCC2)C1. The number of nitrogens with zero attached hydrogens (tertiary/aromatic N) is 5. The lowest BCUT2D eigenvalue weighted by Crippen LogP contribution is -2.47. The molecule has 0 aliphatic carbocycles. The lowest BCUT2D eigenvalue weighted by molar-refractivity contribution is -0.127. The number of likely N-dealkylation sites (tertiary alicyclic amines) is 2. The quantitative estimate of drug-likeness (QED) is 0.533. The molecule has 2 fully saturated rings. The Kier molecular flexibility index (Phi) is 7.68. The number of aliphatic imine (C=N–C) groups is 1. The van der Waals surface area contributed by atoms with Crippen LogP contribution < -0.4 is 5.32 Å². The van der Waals surface area contributed by atoms with Gasteiger partial charge >= 0.3 is 0 Å². The molecule has 0 spiro atoms. The minimum Gasteiger partial charge on any atom is -0.347 e. The van der Waals surface area contributed by atoms with Gasteiger partial charge in [-0.05, 0) is 32.4 Å². The van der Waals surface area contributed by atoms with E-state index in [1.807, 2.05) is 0 Å². The summed E-state index contributed by atoms with van der Waals surface area (Å²) < 4.78 is 0. The van der Waals surface area contributed by atoms with Crippen LogP contribution in [0.3, 0.4) is 0 Å². The van der Waals surface area contributed by atoms with Crippen molar-refractivity contribution < 1.29 is 9.59 Å². The predicted molar refractivity (Wildman–Crippen MR) is 103 cm³/mol. The molecule has 0 aromatic heterocycles. The number of piperidine rings is 1. The Hall–Kier alpha value is -1.83. The van der Waals surface area contributed by atoms with E-state index in [2.05, 4.69) is 20.1 Å².